The van der Waals surface area contributed by atoms with Crippen molar-refractivity contribution in [3.8, 4) is 0 Å². The third kappa shape index (κ3) is 3.78. The van der Waals surface area contributed by atoms with Crippen LogP contribution < -0.4 is 10.6 Å². The van der Waals surface area contributed by atoms with E-state index in [-0.39, 0.29) is 24.9 Å². The van der Waals surface area contributed by atoms with Crippen molar-refractivity contribution >= 4 is 21.8 Å². The molecule has 1 rings (SSSR count). The highest BCUT2D eigenvalue weighted by Crippen LogP contribution is 1.99. The summed E-state index contributed by atoms with van der Waals surface area (Å²) in [7, 11) is -2.03. The fraction of sp³-hybridized carbons (Fsp3) is 0.750. The molecule has 1 heterocycles. The van der Waals surface area contributed by atoms with E-state index < -0.39 is 15.9 Å². The predicted octanol–water partition coefficient (Wildman–Crippen LogP) is -2.12. The second-order valence-electron chi connectivity index (χ2n) is 3.79. The van der Waals surface area contributed by atoms with Gasteiger partial charge in [-0.05, 0) is 0 Å². The van der Waals surface area contributed by atoms with Gasteiger partial charge in [-0.2, -0.15) is 4.31 Å². The van der Waals surface area contributed by atoms with Crippen molar-refractivity contribution in [1.82, 2.24) is 14.9 Å². The van der Waals surface area contributed by atoms with Gasteiger partial charge in [0.05, 0.1) is 18.8 Å². The third-order valence-electron chi connectivity index (χ3n) is 2.27. The molecule has 0 spiro atoms. The van der Waals surface area contributed by atoms with Gasteiger partial charge >= 0.3 is 0 Å². The molecule has 1 saturated heterocycles. The van der Waals surface area contributed by atoms with E-state index in [0.29, 0.717) is 6.54 Å². The van der Waals surface area contributed by atoms with Crippen molar-refractivity contribution in [2.75, 3.05) is 26.4 Å². The molecule has 8 heteroatoms. The Hall–Kier alpha value is -1.15. The Labute approximate surface area is 94.2 Å². The molecule has 92 valence electrons. The molecule has 0 aromatic rings. The average molecular weight is 249 g/mol. The molecule has 0 aromatic carbocycles. The average Bonchev–Trinajstić information content (AvgIpc) is 2.49. The number of carbonyl (C=O) groups is 2. The molecule has 0 aliphatic carbocycles. The van der Waals surface area contributed by atoms with Crippen LogP contribution in [-0.2, 0) is 19.6 Å². The molecule has 1 aliphatic heterocycles. The number of hydrogen-bond acceptors (Lipinski definition) is 4. The van der Waals surface area contributed by atoms with Crippen molar-refractivity contribution in [3.63, 3.8) is 0 Å². The highest BCUT2D eigenvalue weighted by atomic mass is 32.2. The van der Waals surface area contributed by atoms with E-state index in [0.717, 1.165) is 10.6 Å². The molecule has 1 aliphatic rings. The highest BCUT2D eigenvalue weighted by Gasteiger charge is 2.24. The lowest BCUT2D eigenvalue weighted by Gasteiger charge is -2.15. The zero-order valence-electron chi connectivity index (χ0n) is 9.19. The first-order chi connectivity index (χ1) is 7.29. The fourth-order valence-corrected chi connectivity index (χ4v) is 1.65. The third-order valence-corrected chi connectivity index (χ3v) is 3.54. The number of nitrogens with one attached hydrogen (secondary N) is 2. The van der Waals surface area contributed by atoms with E-state index in [1.54, 1.807) is 0 Å². The molecule has 2 amide bonds. The number of rotatable bonds is 4. The van der Waals surface area contributed by atoms with Crippen LogP contribution in [0.4, 0.5) is 0 Å². The molecule has 7 nitrogen and oxygen atoms in total. The molecule has 0 bridgehead atoms. The first-order valence-electron chi connectivity index (χ1n) is 4.76. The van der Waals surface area contributed by atoms with Crippen LogP contribution >= 0.6 is 0 Å². The van der Waals surface area contributed by atoms with Crippen molar-refractivity contribution in [1.29, 1.82) is 0 Å². The number of carbonyl (C=O) groups excluding carboxylic acids is 2. The van der Waals surface area contributed by atoms with E-state index in [9.17, 15) is 18.0 Å². The van der Waals surface area contributed by atoms with E-state index in [2.05, 4.69) is 10.6 Å². The van der Waals surface area contributed by atoms with Gasteiger partial charge in [0, 0.05) is 20.0 Å². The summed E-state index contributed by atoms with van der Waals surface area (Å²) in [4.78, 5) is 22.3. The SMILES string of the molecule is CN(CC(=O)NC1CNC(=O)C1)S(C)(=O)=O. The monoisotopic (exact) mass is 249 g/mol. The molecule has 0 radical (unpaired) electrons. The van der Waals surface area contributed by atoms with Crippen molar-refractivity contribution in [2.24, 2.45) is 0 Å². The molecule has 1 atom stereocenters. The number of likely N-dealkylation sites (N-methyl/N-ethyl adjacent to an activating group) is 1. The number of sulfonamides is 1. The van der Waals surface area contributed by atoms with Crippen LogP contribution in [0.25, 0.3) is 0 Å². The lowest BCUT2D eigenvalue weighted by molar-refractivity contribution is -0.121. The molecule has 1 fully saturated rings. The minimum Gasteiger partial charge on any atom is -0.354 e. The van der Waals surface area contributed by atoms with E-state index in [4.69, 9.17) is 0 Å². The lowest BCUT2D eigenvalue weighted by atomic mass is 10.2. The number of hydrogen-bond donors (Lipinski definition) is 2. The minimum absolute atomic E-state index is 0.109. The summed E-state index contributed by atoms with van der Waals surface area (Å²) in [5.74, 6) is -0.517. The largest absolute Gasteiger partial charge is 0.354 e. The van der Waals surface area contributed by atoms with Crippen LogP contribution in [0, 0.1) is 0 Å². The Kier molecular flexibility index (Phi) is 3.87. The van der Waals surface area contributed by atoms with E-state index in [1.165, 1.54) is 7.05 Å². The van der Waals surface area contributed by atoms with Gasteiger partial charge in [-0.25, -0.2) is 8.42 Å². The number of amides is 2. The molecular formula is C8H15N3O4S. The minimum atomic E-state index is -3.35. The standard InChI is InChI=1S/C8H15N3O4S/c1-11(16(2,14)15)5-8(13)10-6-3-7(12)9-4-6/h6H,3-5H2,1-2H3,(H,9,12)(H,10,13). The second-order valence-corrected chi connectivity index (χ2v) is 5.88. The summed E-state index contributed by atoms with van der Waals surface area (Å²) in [5, 5.41) is 5.16. The van der Waals surface area contributed by atoms with Crippen molar-refractivity contribution in [3.05, 3.63) is 0 Å². The summed E-state index contributed by atoms with van der Waals surface area (Å²) >= 11 is 0. The maximum Gasteiger partial charge on any atom is 0.235 e. The van der Waals surface area contributed by atoms with Crippen LogP contribution in [0.2, 0.25) is 0 Å². The normalized spacial score (nSPS) is 20.9. The number of nitrogens with zero attached hydrogens (tertiary/aromatic N) is 1. The van der Waals surface area contributed by atoms with Gasteiger partial charge in [-0.1, -0.05) is 0 Å². The van der Waals surface area contributed by atoms with Crippen molar-refractivity contribution in [2.45, 2.75) is 12.5 Å². The summed E-state index contributed by atoms with van der Waals surface area (Å²) < 4.78 is 23.0. The Morgan fingerprint density at radius 3 is 2.69 bits per heavy atom. The Morgan fingerprint density at radius 2 is 2.25 bits per heavy atom. The van der Waals surface area contributed by atoms with Crippen LogP contribution in [0.15, 0.2) is 0 Å². The zero-order chi connectivity index (χ0) is 12.3. The smallest absolute Gasteiger partial charge is 0.235 e. The summed E-state index contributed by atoms with van der Waals surface area (Å²) in [5.41, 5.74) is 0. The van der Waals surface area contributed by atoms with Gasteiger partial charge in [0.2, 0.25) is 21.8 Å². The van der Waals surface area contributed by atoms with Crippen molar-refractivity contribution < 1.29 is 18.0 Å². The van der Waals surface area contributed by atoms with Gasteiger partial charge in [0.1, 0.15) is 0 Å². The van der Waals surface area contributed by atoms with Gasteiger partial charge in [-0.15, -0.1) is 0 Å². The molecule has 16 heavy (non-hydrogen) atoms. The van der Waals surface area contributed by atoms with Crippen LogP contribution in [0.1, 0.15) is 6.42 Å². The topological polar surface area (TPSA) is 95.6 Å². The second kappa shape index (κ2) is 4.79. The van der Waals surface area contributed by atoms with Gasteiger partial charge < -0.3 is 10.6 Å². The van der Waals surface area contributed by atoms with Crippen LogP contribution in [0.5, 0.6) is 0 Å². The quantitative estimate of drug-likeness (QED) is 0.595. The van der Waals surface area contributed by atoms with Gasteiger partial charge in [-0.3, -0.25) is 9.59 Å². The maximum atomic E-state index is 11.4. The molecular weight excluding hydrogens is 234 g/mol. The fourth-order valence-electron chi connectivity index (χ4n) is 1.30. The zero-order valence-corrected chi connectivity index (χ0v) is 10.0. The van der Waals surface area contributed by atoms with Gasteiger partial charge in [0.25, 0.3) is 0 Å². The summed E-state index contributed by atoms with van der Waals surface area (Å²) in [6.07, 6.45) is 1.27. The van der Waals surface area contributed by atoms with Crippen LogP contribution in [0.3, 0.4) is 0 Å². The Bertz CT molecular complexity index is 392. The molecule has 2 N–H and O–H groups in total. The molecule has 0 aromatic heterocycles. The molecule has 0 saturated carbocycles. The summed E-state index contributed by atoms with van der Waals surface area (Å²) in [6, 6.07) is -0.243. The first kappa shape index (κ1) is 12.9. The lowest BCUT2D eigenvalue weighted by Crippen LogP contribution is -2.43. The predicted molar refractivity (Wildman–Crippen MR) is 57.0 cm³/mol. The Balaban J connectivity index is 2.39. The van der Waals surface area contributed by atoms with E-state index in [1.807, 2.05) is 0 Å². The molecule has 1 unspecified atom stereocenters. The van der Waals surface area contributed by atoms with E-state index >= 15 is 0 Å². The first-order valence-corrected chi connectivity index (χ1v) is 6.61. The highest BCUT2D eigenvalue weighted by molar-refractivity contribution is 7.88. The Morgan fingerprint density at radius 1 is 1.62 bits per heavy atom. The van der Waals surface area contributed by atoms with Crippen LogP contribution in [-0.4, -0.2) is 57.0 Å². The summed E-state index contributed by atoms with van der Waals surface area (Å²) in [6.45, 7) is 0.163. The van der Waals surface area contributed by atoms with Gasteiger partial charge in [0.15, 0.2) is 0 Å². The maximum absolute atomic E-state index is 11.4.